The average molecular weight is 360 g/mol. The van der Waals surface area contributed by atoms with Crippen LogP contribution >= 0.6 is 0 Å². The first-order valence-electron chi connectivity index (χ1n) is 8.39. The zero-order valence-electron chi connectivity index (χ0n) is 14.6. The molecule has 138 valence electrons. The van der Waals surface area contributed by atoms with E-state index in [1.165, 1.54) is 36.4 Å². The number of benzene rings is 2. The van der Waals surface area contributed by atoms with Gasteiger partial charge in [0, 0.05) is 18.8 Å². The van der Waals surface area contributed by atoms with Gasteiger partial charge in [0.15, 0.2) is 5.96 Å². The first kappa shape index (κ1) is 19.4. The molecular weight excluding hydrogens is 338 g/mol. The molecule has 0 bridgehead atoms. The van der Waals surface area contributed by atoms with Crippen molar-refractivity contribution in [2.75, 3.05) is 25.0 Å². The monoisotopic (exact) mass is 360 g/mol. The number of aliphatic imine (C=N–C) groups is 1. The maximum Gasteiger partial charge on any atom is 0.246 e. The Balaban J connectivity index is 1.81. The van der Waals surface area contributed by atoms with E-state index < -0.39 is 0 Å². The highest BCUT2D eigenvalue weighted by atomic mass is 19.1. The summed E-state index contributed by atoms with van der Waals surface area (Å²) in [7, 11) is 0. The van der Waals surface area contributed by atoms with Gasteiger partial charge in [-0.25, -0.2) is 13.8 Å². The summed E-state index contributed by atoms with van der Waals surface area (Å²) in [5.41, 5.74) is 1.52. The topological polar surface area (TPSA) is 65.5 Å². The van der Waals surface area contributed by atoms with Gasteiger partial charge in [-0.05, 0) is 55.3 Å². The van der Waals surface area contributed by atoms with Gasteiger partial charge in [-0.3, -0.25) is 4.79 Å². The highest BCUT2D eigenvalue weighted by Gasteiger charge is 2.04. The molecule has 1 amide bonds. The standard InChI is InChI=1S/C19H22F2N4O/c1-2-22-19(23-12-11-14-3-5-15(20)6-4-14)24-13-18(26)25-17-9-7-16(21)8-10-17/h3-10H,2,11-13H2,1H3,(H,25,26)(H2,22,23,24). The Bertz CT molecular complexity index is 730. The van der Waals surface area contributed by atoms with Crippen molar-refractivity contribution in [3.05, 3.63) is 65.7 Å². The average Bonchev–Trinajstić information content (AvgIpc) is 2.63. The molecule has 0 saturated heterocycles. The molecule has 0 radical (unpaired) electrons. The van der Waals surface area contributed by atoms with Crippen LogP contribution in [0.2, 0.25) is 0 Å². The van der Waals surface area contributed by atoms with E-state index in [9.17, 15) is 13.6 Å². The Morgan fingerprint density at radius 2 is 1.58 bits per heavy atom. The van der Waals surface area contributed by atoms with Gasteiger partial charge in [-0.2, -0.15) is 0 Å². The van der Waals surface area contributed by atoms with Gasteiger partial charge in [0.1, 0.15) is 18.2 Å². The lowest BCUT2D eigenvalue weighted by molar-refractivity contribution is -0.114. The van der Waals surface area contributed by atoms with Crippen molar-refractivity contribution in [1.29, 1.82) is 0 Å². The number of halogens is 2. The molecule has 0 heterocycles. The highest BCUT2D eigenvalue weighted by Crippen LogP contribution is 2.07. The SMILES string of the molecule is CCNC(=NCC(=O)Nc1ccc(F)cc1)NCCc1ccc(F)cc1. The van der Waals surface area contributed by atoms with Crippen LogP contribution in [0.4, 0.5) is 14.5 Å². The number of carbonyl (C=O) groups excluding carboxylic acids is 1. The molecule has 2 aromatic carbocycles. The Hall–Kier alpha value is -2.96. The summed E-state index contributed by atoms with van der Waals surface area (Å²) in [6.45, 7) is 3.11. The van der Waals surface area contributed by atoms with Crippen molar-refractivity contribution in [3.63, 3.8) is 0 Å². The lowest BCUT2D eigenvalue weighted by atomic mass is 10.1. The molecule has 0 aliphatic carbocycles. The predicted octanol–water partition coefficient (Wildman–Crippen LogP) is 2.70. The zero-order chi connectivity index (χ0) is 18.8. The largest absolute Gasteiger partial charge is 0.357 e. The molecule has 5 nitrogen and oxygen atoms in total. The number of guanidine groups is 1. The van der Waals surface area contributed by atoms with E-state index in [1.54, 1.807) is 12.1 Å². The van der Waals surface area contributed by atoms with Crippen molar-refractivity contribution in [1.82, 2.24) is 10.6 Å². The third-order valence-corrected chi connectivity index (χ3v) is 3.47. The van der Waals surface area contributed by atoms with E-state index in [2.05, 4.69) is 20.9 Å². The maximum atomic E-state index is 12.9. The van der Waals surface area contributed by atoms with Gasteiger partial charge in [0.2, 0.25) is 5.91 Å². The molecule has 7 heteroatoms. The van der Waals surface area contributed by atoms with Crippen molar-refractivity contribution < 1.29 is 13.6 Å². The van der Waals surface area contributed by atoms with E-state index in [0.717, 1.165) is 5.56 Å². The minimum atomic E-state index is -0.360. The minimum absolute atomic E-state index is 0.0662. The summed E-state index contributed by atoms with van der Waals surface area (Å²) in [4.78, 5) is 16.2. The van der Waals surface area contributed by atoms with Crippen LogP contribution in [0, 0.1) is 11.6 Å². The van der Waals surface area contributed by atoms with Crippen LogP contribution in [0.5, 0.6) is 0 Å². The summed E-state index contributed by atoms with van der Waals surface area (Å²) in [6, 6.07) is 11.9. The van der Waals surface area contributed by atoms with Crippen molar-refractivity contribution in [2.24, 2.45) is 4.99 Å². The number of hydrogen-bond donors (Lipinski definition) is 3. The van der Waals surface area contributed by atoms with Gasteiger partial charge >= 0.3 is 0 Å². The molecule has 2 aromatic rings. The van der Waals surface area contributed by atoms with Crippen molar-refractivity contribution in [3.8, 4) is 0 Å². The zero-order valence-corrected chi connectivity index (χ0v) is 14.6. The predicted molar refractivity (Wildman–Crippen MR) is 99.1 cm³/mol. The molecule has 0 saturated carbocycles. The third-order valence-electron chi connectivity index (χ3n) is 3.47. The Kier molecular flexibility index (Phi) is 7.54. The summed E-state index contributed by atoms with van der Waals surface area (Å²) in [6.07, 6.45) is 0.701. The third kappa shape index (κ3) is 6.88. The molecule has 0 unspecified atom stereocenters. The van der Waals surface area contributed by atoms with E-state index >= 15 is 0 Å². The van der Waals surface area contributed by atoms with Gasteiger partial charge in [0.05, 0.1) is 0 Å². The van der Waals surface area contributed by atoms with Gasteiger partial charge in [-0.1, -0.05) is 12.1 Å². The van der Waals surface area contributed by atoms with Gasteiger partial charge in [0.25, 0.3) is 0 Å². The molecule has 0 aliphatic heterocycles. The van der Waals surface area contributed by atoms with E-state index in [-0.39, 0.29) is 24.1 Å². The second-order valence-electron chi connectivity index (χ2n) is 5.55. The minimum Gasteiger partial charge on any atom is -0.357 e. The van der Waals surface area contributed by atoms with Gasteiger partial charge < -0.3 is 16.0 Å². The van der Waals surface area contributed by atoms with Crippen LogP contribution < -0.4 is 16.0 Å². The summed E-state index contributed by atoms with van der Waals surface area (Å²) in [5.74, 6) is -0.402. The normalized spacial score (nSPS) is 11.1. The molecule has 0 fully saturated rings. The smallest absolute Gasteiger partial charge is 0.246 e. The lowest BCUT2D eigenvalue weighted by Gasteiger charge is -2.11. The van der Waals surface area contributed by atoms with Crippen LogP contribution in [-0.2, 0) is 11.2 Å². The molecule has 26 heavy (non-hydrogen) atoms. The number of nitrogens with zero attached hydrogens (tertiary/aromatic N) is 1. The number of anilines is 1. The number of amides is 1. The molecule has 0 spiro atoms. The quantitative estimate of drug-likeness (QED) is 0.525. The number of rotatable bonds is 7. The number of carbonyl (C=O) groups is 1. The first-order chi connectivity index (χ1) is 12.6. The van der Waals surface area contributed by atoms with E-state index in [4.69, 9.17) is 0 Å². The fraction of sp³-hybridized carbons (Fsp3) is 0.263. The van der Waals surface area contributed by atoms with Crippen molar-refractivity contribution >= 4 is 17.6 Å². The fourth-order valence-corrected chi connectivity index (χ4v) is 2.20. The molecule has 3 N–H and O–H groups in total. The highest BCUT2D eigenvalue weighted by molar-refractivity contribution is 5.94. The Morgan fingerprint density at radius 1 is 0.962 bits per heavy atom. The molecular formula is C19H22F2N4O. The number of hydrogen-bond acceptors (Lipinski definition) is 2. The molecule has 0 atom stereocenters. The van der Waals surface area contributed by atoms with Crippen LogP contribution in [0.3, 0.4) is 0 Å². The van der Waals surface area contributed by atoms with Crippen LogP contribution in [-0.4, -0.2) is 31.5 Å². The second-order valence-corrected chi connectivity index (χ2v) is 5.55. The molecule has 0 aromatic heterocycles. The lowest BCUT2D eigenvalue weighted by Crippen LogP contribution is -2.39. The van der Waals surface area contributed by atoms with Crippen LogP contribution in [0.1, 0.15) is 12.5 Å². The van der Waals surface area contributed by atoms with Gasteiger partial charge in [-0.15, -0.1) is 0 Å². The van der Waals surface area contributed by atoms with Crippen LogP contribution in [0.15, 0.2) is 53.5 Å². The second kappa shape index (κ2) is 10.1. The molecule has 0 aliphatic rings. The molecule has 2 rings (SSSR count). The summed E-state index contributed by atoms with van der Waals surface area (Å²) < 4.78 is 25.7. The van der Waals surface area contributed by atoms with E-state index in [0.29, 0.717) is 31.2 Å². The van der Waals surface area contributed by atoms with Crippen LogP contribution in [0.25, 0.3) is 0 Å². The number of nitrogens with one attached hydrogen (secondary N) is 3. The Morgan fingerprint density at radius 3 is 2.19 bits per heavy atom. The summed E-state index contributed by atoms with van der Waals surface area (Å²) in [5, 5.41) is 8.83. The van der Waals surface area contributed by atoms with E-state index in [1.807, 2.05) is 6.92 Å². The maximum absolute atomic E-state index is 12.9. The summed E-state index contributed by atoms with van der Waals surface area (Å²) >= 11 is 0. The first-order valence-corrected chi connectivity index (χ1v) is 8.39. The fourth-order valence-electron chi connectivity index (χ4n) is 2.20. The Labute approximate surface area is 151 Å². The van der Waals surface area contributed by atoms with Crippen molar-refractivity contribution in [2.45, 2.75) is 13.3 Å².